The van der Waals surface area contributed by atoms with Crippen molar-refractivity contribution in [1.29, 1.82) is 0 Å². The van der Waals surface area contributed by atoms with Gasteiger partial charge < -0.3 is 9.47 Å². The predicted molar refractivity (Wildman–Crippen MR) is 101 cm³/mol. The summed E-state index contributed by atoms with van der Waals surface area (Å²) in [7, 11) is 0. The van der Waals surface area contributed by atoms with Gasteiger partial charge in [-0.2, -0.15) is 0 Å². The third-order valence-electron chi connectivity index (χ3n) is 4.14. The fourth-order valence-corrected chi connectivity index (χ4v) is 2.60. The minimum atomic E-state index is -0.347. The summed E-state index contributed by atoms with van der Waals surface area (Å²) in [5.41, 5.74) is 1.06. The Labute approximate surface area is 155 Å². The van der Waals surface area contributed by atoms with Gasteiger partial charge in [0.25, 0.3) is 0 Å². The molecule has 0 heterocycles. The first-order chi connectivity index (χ1) is 12.7. The molecule has 0 aliphatic carbocycles. The van der Waals surface area contributed by atoms with Gasteiger partial charge in [-0.05, 0) is 30.7 Å². The molecule has 2 aromatic rings. The monoisotopic (exact) mass is 354 g/mol. The number of hydrogen-bond donors (Lipinski definition) is 0. The minimum Gasteiger partial charge on any atom is -0.462 e. The Morgan fingerprint density at radius 3 is 1.65 bits per heavy atom. The van der Waals surface area contributed by atoms with Crippen molar-refractivity contribution in [2.75, 3.05) is 13.2 Å². The fourth-order valence-electron chi connectivity index (χ4n) is 2.60. The maximum absolute atomic E-state index is 12.1. The van der Waals surface area contributed by atoms with Gasteiger partial charge in [0, 0.05) is 5.92 Å². The van der Waals surface area contributed by atoms with E-state index in [0.717, 1.165) is 25.7 Å². The summed E-state index contributed by atoms with van der Waals surface area (Å²) in [5, 5.41) is 0. The van der Waals surface area contributed by atoms with Crippen LogP contribution in [0.2, 0.25) is 0 Å². The Morgan fingerprint density at radius 2 is 1.23 bits per heavy atom. The number of esters is 2. The molecule has 0 aliphatic rings. The molecular weight excluding hydrogens is 328 g/mol. The first-order valence-electron chi connectivity index (χ1n) is 9.15. The van der Waals surface area contributed by atoms with Crippen molar-refractivity contribution in [3.8, 4) is 0 Å². The van der Waals surface area contributed by atoms with E-state index in [1.807, 2.05) is 12.1 Å². The second kappa shape index (κ2) is 11.1. The van der Waals surface area contributed by atoms with E-state index in [2.05, 4.69) is 6.92 Å². The molecule has 0 atom stereocenters. The number of rotatable bonds is 10. The molecule has 0 unspecified atom stereocenters. The number of unbranched alkanes of at least 4 members (excludes halogenated alkanes) is 2. The fraction of sp³-hybridized carbons (Fsp3) is 0.364. The van der Waals surface area contributed by atoms with Crippen LogP contribution in [0.1, 0.15) is 53.3 Å². The molecule has 0 aromatic heterocycles. The summed E-state index contributed by atoms with van der Waals surface area (Å²) in [4.78, 5) is 24.2. The van der Waals surface area contributed by atoms with Crippen molar-refractivity contribution in [2.45, 2.75) is 32.6 Å². The molecule has 0 aliphatic heterocycles. The molecule has 0 bridgehead atoms. The Bertz CT molecular complexity index is 612. The maximum Gasteiger partial charge on any atom is 0.338 e. The van der Waals surface area contributed by atoms with Crippen LogP contribution in [-0.2, 0) is 9.47 Å². The van der Waals surface area contributed by atoms with E-state index in [4.69, 9.17) is 9.47 Å². The van der Waals surface area contributed by atoms with Crippen LogP contribution in [0.5, 0.6) is 0 Å². The number of ether oxygens (including phenoxy) is 2. The van der Waals surface area contributed by atoms with E-state index in [1.54, 1.807) is 48.5 Å². The van der Waals surface area contributed by atoms with Crippen LogP contribution in [0.4, 0.5) is 0 Å². The van der Waals surface area contributed by atoms with Crippen LogP contribution in [0.25, 0.3) is 0 Å². The highest BCUT2D eigenvalue weighted by molar-refractivity contribution is 5.89. The number of carbonyl (C=O) groups excluding carboxylic acids is 2. The quantitative estimate of drug-likeness (QED) is 0.450. The van der Waals surface area contributed by atoms with Crippen LogP contribution in [0.3, 0.4) is 0 Å². The predicted octanol–water partition coefficient (Wildman–Crippen LogP) is 4.90. The number of carbonyl (C=O) groups is 2. The zero-order chi connectivity index (χ0) is 18.6. The van der Waals surface area contributed by atoms with Crippen LogP contribution in [0, 0.1) is 5.92 Å². The first kappa shape index (κ1) is 19.7. The maximum atomic E-state index is 12.1. The largest absolute Gasteiger partial charge is 0.462 e. The molecule has 2 rings (SSSR count). The van der Waals surface area contributed by atoms with Gasteiger partial charge in [-0.15, -0.1) is 0 Å². The second-order valence-electron chi connectivity index (χ2n) is 6.29. The zero-order valence-electron chi connectivity index (χ0n) is 15.2. The van der Waals surface area contributed by atoms with Crippen LogP contribution < -0.4 is 0 Å². The Kier molecular flexibility index (Phi) is 8.40. The topological polar surface area (TPSA) is 52.6 Å². The average molecular weight is 354 g/mol. The highest BCUT2D eigenvalue weighted by Gasteiger charge is 2.16. The van der Waals surface area contributed by atoms with Gasteiger partial charge in [-0.25, -0.2) is 9.59 Å². The van der Waals surface area contributed by atoms with Gasteiger partial charge >= 0.3 is 11.9 Å². The molecule has 0 saturated carbocycles. The van der Waals surface area contributed by atoms with E-state index in [-0.39, 0.29) is 31.1 Å². The Hall–Kier alpha value is -2.62. The van der Waals surface area contributed by atoms with Crippen LogP contribution in [-0.4, -0.2) is 25.2 Å². The standard InChI is InChI=1S/C22H26O4/c1-2-3-6-11-18(16-25-21(23)19-12-7-4-8-13-19)17-26-22(24)20-14-9-5-10-15-20/h4-5,7-10,12-15,18H,2-3,6,11,16-17H2,1H3. The van der Waals surface area contributed by atoms with E-state index in [1.165, 1.54) is 0 Å². The highest BCUT2D eigenvalue weighted by atomic mass is 16.5. The molecule has 0 spiro atoms. The lowest BCUT2D eigenvalue weighted by Crippen LogP contribution is -2.21. The smallest absolute Gasteiger partial charge is 0.338 e. The minimum absolute atomic E-state index is 0.00174. The van der Waals surface area contributed by atoms with E-state index in [9.17, 15) is 9.59 Å². The molecule has 26 heavy (non-hydrogen) atoms. The summed E-state index contributed by atoms with van der Waals surface area (Å²) in [6, 6.07) is 17.8. The van der Waals surface area contributed by atoms with Crippen molar-refractivity contribution in [3.05, 3.63) is 71.8 Å². The van der Waals surface area contributed by atoms with E-state index in [0.29, 0.717) is 11.1 Å². The van der Waals surface area contributed by atoms with Gasteiger partial charge in [0.15, 0.2) is 0 Å². The lowest BCUT2D eigenvalue weighted by atomic mass is 10.0. The summed E-state index contributed by atoms with van der Waals surface area (Å²) < 4.78 is 10.9. The molecule has 0 saturated heterocycles. The summed E-state index contributed by atoms with van der Waals surface area (Å²) in [6.07, 6.45) is 4.10. The molecule has 0 radical (unpaired) electrons. The molecule has 2 aromatic carbocycles. The summed E-state index contributed by atoms with van der Waals surface area (Å²) in [5.74, 6) is -0.692. The zero-order valence-corrected chi connectivity index (χ0v) is 15.2. The van der Waals surface area contributed by atoms with Crippen molar-refractivity contribution in [2.24, 2.45) is 5.92 Å². The Balaban J connectivity index is 1.86. The van der Waals surface area contributed by atoms with Crippen molar-refractivity contribution in [3.63, 3.8) is 0 Å². The van der Waals surface area contributed by atoms with Gasteiger partial charge in [0.1, 0.15) is 0 Å². The third-order valence-corrected chi connectivity index (χ3v) is 4.14. The summed E-state index contributed by atoms with van der Waals surface area (Å²) >= 11 is 0. The first-order valence-corrected chi connectivity index (χ1v) is 9.15. The molecular formula is C22H26O4. The highest BCUT2D eigenvalue weighted by Crippen LogP contribution is 2.14. The second-order valence-corrected chi connectivity index (χ2v) is 6.29. The van der Waals surface area contributed by atoms with Crippen molar-refractivity contribution < 1.29 is 19.1 Å². The summed E-state index contributed by atoms with van der Waals surface area (Å²) in [6.45, 7) is 2.64. The SMILES string of the molecule is CCCCCC(COC(=O)c1ccccc1)COC(=O)c1ccccc1. The molecule has 4 nitrogen and oxygen atoms in total. The Morgan fingerprint density at radius 1 is 0.769 bits per heavy atom. The van der Waals surface area contributed by atoms with Crippen molar-refractivity contribution in [1.82, 2.24) is 0 Å². The lowest BCUT2D eigenvalue weighted by molar-refractivity contribution is 0.0243. The van der Waals surface area contributed by atoms with E-state index < -0.39 is 0 Å². The third kappa shape index (κ3) is 6.71. The lowest BCUT2D eigenvalue weighted by Gasteiger charge is -2.17. The average Bonchev–Trinajstić information content (AvgIpc) is 2.70. The van der Waals surface area contributed by atoms with Crippen molar-refractivity contribution >= 4 is 11.9 Å². The molecule has 4 heteroatoms. The normalized spacial score (nSPS) is 10.5. The number of benzene rings is 2. The van der Waals surface area contributed by atoms with Gasteiger partial charge in [0.2, 0.25) is 0 Å². The van der Waals surface area contributed by atoms with Gasteiger partial charge in [0.05, 0.1) is 24.3 Å². The van der Waals surface area contributed by atoms with Gasteiger partial charge in [-0.1, -0.05) is 62.6 Å². The van der Waals surface area contributed by atoms with Crippen LogP contribution in [0.15, 0.2) is 60.7 Å². The molecule has 0 N–H and O–H groups in total. The number of hydrogen-bond acceptors (Lipinski definition) is 4. The molecule has 138 valence electrons. The molecule has 0 fully saturated rings. The van der Waals surface area contributed by atoms with E-state index >= 15 is 0 Å². The van der Waals surface area contributed by atoms with Gasteiger partial charge in [-0.3, -0.25) is 0 Å². The van der Waals surface area contributed by atoms with Crippen LogP contribution >= 0.6 is 0 Å². The molecule has 0 amide bonds.